The van der Waals surface area contributed by atoms with Gasteiger partial charge < -0.3 is 10.1 Å². The van der Waals surface area contributed by atoms with E-state index >= 15 is 0 Å². The van der Waals surface area contributed by atoms with E-state index in [2.05, 4.69) is 26.0 Å². The summed E-state index contributed by atoms with van der Waals surface area (Å²) in [6, 6.07) is 6.46. The molecule has 0 saturated carbocycles. The average molecular weight is 403 g/mol. The van der Waals surface area contributed by atoms with Crippen LogP contribution in [0.25, 0.3) is 0 Å². The Bertz CT molecular complexity index is 590. The second-order valence-electron chi connectivity index (χ2n) is 3.71. The molecule has 2 aromatic rings. The van der Waals surface area contributed by atoms with Crippen LogP contribution in [0, 0.1) is 0 Å². The van der Waals surface area contributed by atoms with Gasteiger partial charge in [-0.1, -0.05) is 23.2 Å². The Morgan fingerprint density at radius 1 is 1.30 bits per heavy atom. The van der Waals surface area contributed by atoms with Gasteiger partial charge in [0.25, 0.3) is 0 Å². The molecule has 1 N–H and O–H groups in total. The van der Waals surface area contributed by atoms with Crippen molar-refractivity contribution < 1.29 is 13.5 Å². The van der Waals surface area contributed by atoms with Crippen molar-refractivity contribution in [3.05, 3.63) is 43.0 Å². The fourth-order valence-electron chi connectivity index (χ4n) is 1.47. The third-order valence-corrected chi connectivity index (χ3v) is 5.08. The molecule has 0 spiro atoms. The molecule has 108 valence electrons. The summed E-state index contributed by atoms with van der Waals surface area (Å²) in [5.41, 5.74) is 0.706. The van der Waals surface area contributed by atoms with Gasteiger partial charge in [0.1, 0.15) is 10.1 Å². The second kappa shape index (κ2) is 6.93. The average Bonchev–Trinajstić information content (AvgIpc) is 2.69. The van der Waals surface area contributed by atoms with Gasteiger partial charge in [-0.2, -0.15) is 8.78 Å². The number of benzene rings is 1. The second-order valence-corrected chi connectivity index (χ2v) is 6.71. The number of hydrogen-bond donors (Lipinski definition) is 1. The molecule has 2 rings (SSSR count). The molecule has 1 aromatic heterocycles. The highest BCUT2D eigenvalue weighted by atomic mass is 79.9. The Morgan fingerprint density at radius 3 is 2.60 bits per heavy atom. The van der Waals surface area contributed by atoms with E-state index in [1.54, 1.807) is 6.07 Å². The van der Waals surface area contributed by atoms with Crippen LogP contribution in [-0.4, -0.2) is 6.61 Å². The summed E-state index contributed by atoms with van der Waals surface area (Å²) in [6.07, 6.45) is 0. The minimum Gasteiger partial charge on any atom is -0.433 e. The molecule has 20 heavy (non-hydrogen) atoms. The molecule has 0 bridgehead atoms. The van der Waals surface area contributed by atoms with E-state index in [1.807, 2.05) is 6.07 Å². The quantitative estimate of drug-likeness (QED) is 0.659. The molecule has 0 fully saturated rings. The summed E-state index contributed by atoms with van der Waals surface area (Å²) in [5, 5.41) is 3.25. The Kier molecular flexibility index (Phi) is 5.49. The van der Waals surface area contributed by atoms with Crippen LogP contribution in [0.3, 0.4) is 0 Å². The van der Waals surface area contributed by atoms with E-state index in [0.29, 0.717) is 16.6 Å². The predicted molar refractivity (Wildman–Crippen MR) is 82.4 cm³/mol. The van der Waals surface area contributed by atoms with Crippen molar-refractivity contribution in [1.82, 2.24) is 0 Å². The monoisotopic (exact) mass is 401 g/mol. The summed E-state index contributed by atoms with van der Waals surface area (Å²) in [6.45, 7) is -2.33. The van der Waals surface area contributed by atoms with Gasteiger partial charge in [0.15, 0.2) is 0 Å². The van der Waals surface area contributed by atoms with Crippen LogP contribution in [0.2, 0.25) is 9.36 Å². The number of rotatable bonds is 5. The molecule has 0 saturated heterocycles. The Morgan fingerprint density at radius 2 is 2.05 bits per heavy atom. The van der Waals surface area contributed by atoms with E-state index in [-0.39, 0.29) is 10.8 Å². The number of alkyl halides is 2. The lowest BCUT2D eigenvalue weighted by atomic mass is 10.3. The molecule has 8 heteroatoms. The van der Waals surface area contributed by atoms with Crippen molar-refractivity contribution in [2.75, 3.05) is 5.32 Å². The standard InChI is InChI=1S/C12H8BrCl2F2NOS/c13-8-4-7(20-11(8)15)5-18-6-1-2-10(9(14)3-6)19-12(16)17/h1-4,12,18H,5H2. The molecule has 0 aliphatic carbocycles. The normalized spacial score (nSPS) is 10.9. The van der Waals surface area contributed by atoms with Crippen LogP contribution >= 0.6 is 50.5 Å². The fourth-order valence-corrected chi connectivity index (χ4v) is 3.43. The maximum atomic E-state index is 12.1. The SMILES string of the molecule is FC(F)Oc1ccc(NCc2cc(Br)c(Cl)s2)cc1Cl. The van der Waals surface area contributed by atoms with Crippen LogP contribution in [-0.2, 0) is 6.54 Å². The summed E-state index contributed by atoms with van der Waals surface area (Å²) in [5.74, 6) is -0.0471. The molecule has 0 atom stereocenters. The van der Waals surface area contributed by atoms with Gasteiger partial charge in [-0.05, 0) is 40.2 Å². The Hall–Kier alpha value is -0.560. The molecular formula is C12H8BrCl2F2NOS. The zero-order chi connectivity index (χ0) is 14.7. The lowest BCUT2D eigenvalue weighted by Crippen LogP contribution is -2.03. The number of thiophene rings is 1. The van der Waals surface area contributed by atoms with Crippen molar-refractivity contribution in [1.29, 1.82) is 0 Å². The molecule has 1 aromatic carbocycles. The van der Waals surface area contributed by atoms with Gasteiger partial charge in [0.2, 0.25) is 0 Å². The topological polar surface area (TPSA) is 21.3 Å². The van der Waals surface area contributed by atoms with E-state index in [9.17, 15) is 8.78 Å². The first kappa shape index (κ1) is 15.8. The first-order chi connectivity index (χ1) is 9.45. The number of anilines is 1. The van der Waals surface area contributed by atoms with Crippen molar-refractivity contribution in [3.63, 3.8) is 0 Å². The maximum absolute atomic E-state index is 12.1. The molecule has 2 nitrogen and oxygen atoms in total. The van der Waals surface area contributed by atoms with Crippen molar-refractivity contribution in [2.24, 2.45) is 0 Å². The highest BCUT2D eigenvalue weighted by molar-refractivity contribution is 9.10. The summed E-state index contributed by atoms with van der Waals surface area (Å²) >= 11 is 16.6. The van der Waals surface area contributed by atoms with Gasteiger partial charge >= 0.3 is 6.61 Å². The first-order valence-electron chi connectivity index (χ1n) is 5.37. The molecule has 0 amide bonds. The molecule has 0 aliphatic heterocycles. The molecular weight excluding hydrogens is 395 g/mol. The van der Waals surface area contributed by atoms with E-state index in [1.165, 1.54) is 23.5 Å². The molecule has 1 heterocycles. The van der Waals surface area contributed by atoms with E-state index in [4.69, 9.17) is 23.2 Å². The van der Waals surface area contributed by atoms with Gasteiger partial charge in [0.05, 0.1) is 5.02 Å². The van der Waals surface area contributed by atoms with Crippen LogP contribution in [0.15, 0.2) is 28.7 Å². The lowest BCUT2D eigenvalue weighted by molar-refractivity contribution is -0.0497. The Balaban J connectivity index is 2.01. The van der Waals surface area contributed by atoms with Crippen molar-refractivity contribution in [2.45, 2.75) is 13.2 Å². The number of hydrogen-bond acceptors (Lipinski definition) is 3. The van der Waals surface area contributed by atoms with Crippen LogP contribution in [0.4, 0.5) is 14.5 Å². The van der Waals surface area contributed by atoms with Crippen LogP contribution < -0.4 is 10.1 Å². The summed E-state index contributed by atoms with van der Waals surface area (Å²) in [7, 11) is 0. The summed E-state index contributed by atoms with van der Waals surface area (Å²) < 4.78 is 30.0. The third-order valence-electron chi connectivity index (χ3n) is 2.31. The highest BCUT2D eigenvalue weighted by Gasteiger charge is 2.09. The largest absolute Gasteiger partial charge is 0.433 e. The van der Waals surface area contributed by atoms with Gasteiger partial charge in [-0.25, -0.2) is 0 Å². The Labute approximate surface area is 136 Å². The smallest absolute Gasteiger partial charge is 0.387 e. The zero-order valence-electron chi connectivity index (χ0n) is 9.80. The van der Waals surface area contributed by atoms with E-state index < -0.39 is 6.61 Å². The van der Waals surface area contributed by atoms with Crippen LogP contribution in [0.5, 0.6) is 5.75 Å². The van der Waals surface area contributed by atoms with Crippen molar-refractivity contribution >= 4 is 56.2 Å². The maximum Gasteiger partial charge on any atom is 0.387 e. The zero-order valence-corrected chi connectivity index (χ0v) is 13.7. The van der Waals surface area contributed by atoms with Gasteiger partial charge in [-0.3, -0.25) is 0 Å². The third kappa shape index (κ3) is 4.22. The van der Waals surface area contributed by atoms with E-state index in [0.717, 1.165) is 9.35 Å². The molecule has 0 aliphatic rings. The van der Waals surface area contributed by atoms with Gasteiger partial charge in [-0.15, -0.1) is 11.3 Å². The van der Waals surface area contributed by atoms with Gasteiger partial charge in [0, 0.05) is 21.6 Å². The fraction of sp³-hybridized carbons (Fsp3) is 0.167. The number of halogens is 5. The first-order valence-corrected chi connectivity index (χ1v) is 7.74. The molecule has 0 unspecified atom stereocenters. The lowest BCUT2D eigenvalue weighted by Gasteiger charge is -2.09. The van der Waals surface area contributed by atoms with Crippen LogP contribution in [0.1, 0.15) is 4.88 Å². The minimum absolute atomic E-state index is 0.0471. The predicted octanol–water partition coefficient (Wildman–Crippen LogP) is 6.03. The molecule has 0 radical (unpaired) electrons. The van der Waals surface area contributed by atoms with Crippen molar-refractivity contribution in [3.8, 4) is 5.75 Å². The number of ether oxygens (including phenoxy) is 1. The highest BCUT2D eigenvalue weighted by Crippen LogP contribution is 2.33. The minimum atomic E-state index is -2.89. The summed E-state index contributed by atoms with van der Waals surface area (Å²) in [4.78, 5) is 1.03. The number of nitrogens with one attached hydrogen (secondary N) is 1.